The van der Waals surface area contributed by atoms with Gasteiger partial charge in [-0.3, -0.25) is 0 Å². The molecule has 0 bridgehead atoms. The third-order valence-electron chi connectivity index (χ3n) is 13.7. The summed E-state index contributed by atoms with van der Waals surface area (Å²) in [5.74, 6) is 0. The van der Waals surface area contributed by atoms with Crippen molar-refractivity contribution in [3.8, 4) is 33.4 Å². The molecule has 15 rings (SSSR count). The molecule has 296 valence electrons. The highest BCUT2D eigenvalue weighted by Gasteiger charge is 2.21. The van der Waals surface area contributed by atoms with Gasteiger partial charge >= 0.3 is 0 Å². The maximum atomic E-state index is 6.68. The summed E-state index contributed by atoms with van der Waals surface area (Å²) in [4.78, 5) is 0. The number of para-hydroxylation sites is 2. The summed E-state index contributed by atoms with van der Waals surface area (Å²) in [6.45, 7) is 0. The van der Waals surface area contributed by atoms with Crippen LogP contribution < -0.4 is 0 Å². The van der Waals surface area contributed by atoms with Crippen LogP contribution in [-0.4, -0.2) is 0 Å². The highest BCUT2D eigenvalue weighted by molar-refractivity contribution is 6.28. The molecule has 64 heavy (non-hydrogen) atoms. The molecule has 4 heteroatoms. The van der Waals surface area contributed by atoms with Crippen LogP contribution in [0, 0.1) is 0 Å². The number of hydrogen-bond donors (Lipinski definition) is 0. The Morgan fingerprint density at radius 2 is 0.641 bits per heavy atom. The van der Waals surface area contributed by atoms with E-state index in [0.717, 1.165) is 110 Å². The Balaban J connectivity index is 0.979. The third-order valence-corrected chi connectivity index (χ3v) is 13.7. The molecule has 4 aromatic heterocycles. The summed E-state index contributed by atoms with van der Waals surface area (Å²) in [6.07, 6.45) is 0. The van der Waals surface area contributed by atoms with E-state index in [4.69, 9.17) is 17.7 Å². The van der Waals surface area contributed by atoms with E-state index in [9.17, 15) is 0 Å². The zero-order valence-corrected chi connectivity index (χ0v) is 34.1. The van der Waals surface area contributed by atoms with Crippen molar-refractivity contribution in [2.45, 2.75) is 0 Å². The maximum absolute atomic E-state index is 6.68. The van der Waals surface area contributed by atoms with Crippen molar-refractivity contribution < 1.29 is 17.7 Å². The van der Waals surface area contributed by atoms with E-state index in [2.05, 4.69) is 146 Å². The summed E-state index contributed by atoms with van der Waals surface area (Å²) in [6, 6.07) is 69.2. The highest BCUT2D eigenvalue weighted by atomic mass is 16.3. The Kier molecular flexibility index (Phi) is 6.65. The number of furan rings is 4. The fraction of sp³-hybridized carbons (Fsp3) is 0. The smallest absolute Gasteiger partial charge is 0.136 e. The first-order valence-corrected chi connectivity index (χ1v) is 21.7. The number of fused-ring (bicyclic) bond motifs is 17. The van der Waals surface area contributed by atoms with Crippen molar-refractivity contribution in [1.29, 1.82) is 0 Å². The normalized spacial score (nSPS) is 12.4. The highest BCUT2D eigenvalue weighted by Crippen LogP contribution is 2.47. The van der Waals surface area contributed by atoms with Crippen LogP contribution in [0.15, 0.2) is 212 Å². The van der Waals surface area contributed by atoms with Crippen LogP contribution in [0.25, 0.3) is 153 Å². The minimum Gasteiger partial charge on any atom is -0.456 e. The molecule has 0 unspecified atom stereocenters. The topological polar surface area (TPSA) is 52.6 Å². The number of hydrogen-bond acceptors (Lipinski definition) is 4. The fourth-order valence-corrected chi connectivity index (χ4v) is 10.8. The molecule has 4 heterocycles. The van der Waals surface area contributed by atoms with E-state index < -0.39 is 0 Å². The lowest BCUT2D eigenvalue weighted by Gasteiger charge is -2.18. The van der Waals surface area contributed by atoms with Crippen LogP contribution in [0.1, 0.15) is 0 Å². The van der Waals surface area contributed by atoms with Crippen molar-refractivity contribution in [3.05, 3.63) is 194 Å². The SMILES string of the molecule is c1ccc2cc(-c3c4cccc(-c5ccc6c(c5)oc5ccc7oc8ccccc8c7c56)c4cc4c(-c5ccc6c(c5)oc5ccc7oc8ccccc8c7c56)cccc34)ccc2c1. The Hall–Kier alpha value is -8.60. The zero-order chi connectivity index (χ0) is 41.6. The van der Waals surface area contributed by atoms with E-state index >= 15 is 0 Å². The number of rotatable bonds is 3. The molecule has 4 nitrogen and oxygen atoms in total. The Morgan fingerprint density at radius 1 is 0.219 bits per heavy atom. The van der Waals surface area contributed by atoms with Gasteiger partial charge in [0.1, 0.15) is 44.7 Å². The van der Waals surface area contributed by atoms with Crippen molar-refractivity contribution in [2.75, 3.05) is 0 Å². The molecule has 0 amide bonds. The lowest BCUT2D eigenvalue weighted by atomic mass is 9.85. The second-order valence-corrected chi connectivity index (χ2v) is 17.1. The third kappa shape index (κ3) is 4.66. The molecule has 0 aliphatic rings. The molecule has 0 saturated carbocycles. The van der Waals surface area contributed by atoms with Gasteiger partial charge in [0.25, 0.3) is 0 Å². The Morgan fingerprint density at radius 3 is 1.17 bits per heavy atom. The van der Waals surface area contributed by atoms with Crippen LogP contribution in [0.3, 0.4) is 0 Å². The van der Waals surface area contributed by atoms with Crippen LogP contribution >= 0.6 is 0 Å². The van der Waals surface area contributed by atoms with Crippen molar-refractivity contribution in [3.63, 3.8) is 0 Å². The van der Waals surface area contributed by atoms with Crippen molar-refractivity contribution >= 4 is 120 Å². The van der Waals surface area contributed by atoms with Crippen LogP contribution in [0.5, 0.6) is 0 Å². The van der Waals surface area contributed by atoms with E-state index in [1.807, 2.05) is 48.5 Å². The predicted molar refractivity (Wildman–Crippen MR) is 264 cm³/mol. The Labute approximate surface area is 363 Å². The second kappa shape index (κ2) is 12.5. The van der Waals surface area contributed by atoms with Gasteiger partial charge in [-0.2, -0.15) is 0 Å². The van der Waals surface area contributed by atoms with Gasteiger partial charge in [-0.05, 0) is 138 Å². The van der Waals surface area contributed by atoms with Crippen molar-refractivity contribution in [1.82, 2.24) is 0 Å². The average molecular weight is 817 g/mol. The van der Waals surface area contributed by atoms with E-state index in [-0.39, 0.29) is 0 Å². The van der Waals surface area contributed by atoms with Crippen molar-refractivity contribution in [2.24, 2.45) is 0 Å². The molecule has 0 radical (unpaired) electrons. The molecule has 0 spiro atoms. The molecule has 0 atom stereocenters. The zero-order valence-electron chi connectivity index (χ0n) is 34.1. The van der Waals surface area contributed by atoms with Gasteiger partial charge in [0, 0.05) is 43.1 Å². The standard InChI is InChI=1S/C60H32O4/c1-2-10-34-29-37(20-19-33(34)9-1)56-40-15-7-13-38(35-21-23-44-54(30-35)63-52-27-25-50-57(59(44)52)42-11-3-5-17-48(42)61-50)46(40)32-47-39(14-8-16-41(47)56)36-22-24-45-55(31-36)64-53-28-26-51-58(60(45)53)43-12-4-6-18-49(43)62-51/h1-32H. The molecule has 11 aromatic carbocycles. The van der Waals surface area contributed by atoms with Crippen LogP contribution in [0.2, 0.25) is 0 Å². The van der Waals surface area contributed by atoms with Gasteiger partial charge in [0.15, 0.2) is 0 Å². The minimum absolute atomic E-state index is 0.846. The van der Waals surface area contributed by atoms with Gasteiger partial charge in [-0.25, -0.2) is 0 Å². The molecule has 0 fully saturated rings. The summed E-state index contributed by atoms with van der Waals surface area (Å²) < 4.78 is 25.9. The van der Waals surface area contributed by atoms with Gasteiger partial charge in [0.05, 0.1) is 0 Å². The van der Waals surface area contributed by atoms with E-state index in [1.54, 1.807) is 0 Å². The minimum atomic E-state index is 0.846. The molecular formula is C60H32O4. The largest absolute Gasteiger partial charge is 0.456 e. The van der Waals surface area contributed by atoms with Gasteiger partial charge in [0.2, 0.25) is 0 Å². The fourth-order valence-electron chi connectivity index (χ4n) is 10.8. The predicted octanol–water partition coefficient (Wildman–Crippen LogP) is 17.7. The van der Waals surface area contributed by atoms with Gasteiger partial charge in [-0.1, -0.05) is 121 Å². The average Bonchev–Trinajstić information content (AvgIpc) is 4.11. The van der Waals surface area contributed by atoms with Gasteiger partial charge < -0.3 is 17.7 Å². The van der Waals surface area contributed by atoms with Gasteiger partial charge in [-0.15, -0.1) is 0 Å². The lowest BCUT2D eigenvalue weighted by molar-refractivity contribution is 0.663. The first kappa shape index (κ1) is 34.0. The Bertz CT molecular complexity index is 4250. The van der Waals surface area contributed by atoms with E-state index in [1.165, 1.54) is 43.4 Å². The quantitative estimate of drug-likeness (QED) is 0.167. The number of benzene rings is 11. The molecule has 15 aromatic rings. The monoisotopic (exact) mass is 816 g/mol. The first-order chi connectivity index (χ1) is 31.7. The lowest BCUT2D eigenvalue weighted by Crippen LogP contribution is -1.91. The summed E-state index contributed by atoms with van der Waals surface area (Å²) in [5.41, 5.74) is 13.7. The molecule has 0 saturated heterocycles. The second-order valence-electron chi connectivity index (χ2n) is 17.1. The molecular weight excluding hydrogens is 785 g/mol. The summed E-state index contributed by atoms with van der Waals surface area (Å²) >= 11 is 0. The van der Waals surface area contributed by atoms with Crippen LogP contribution in [-0.2, 0) is 0 Å². The summed E-state index contributed by atoms with van der Waals surface area (Å²) in [7, 11) is 0. The molecule has 0 aliphatic heterocycles. The van der Waals surface area contributed by atoms with Crippen LogP contribution in [0.4, 0.5) is 0 Å². The summed E-state index contributed by atoms with van der Waals surface area (Å²) in [5, 5.41) is 15.8. The molecule has 0 aliphatic carbocycles. The molecule has 0 N–H and O–H groups in total. The van der Waals surface area contributed by atoms with E-state index in [0.29, 0.717) is 0 Å². The first-order valence-electron chi connectivity index (χ1n) is 21.7. The maximum Gasteiger partial charge on any atom is 0.136 e.